The van der Waals surface area contributed by atoms with Crippen LogP contribution in [-0.4, -0.2) is 18.1 Å². The van der Waals surface area contributed by atoms with E-state index >= 15 is 0 Å². The highest BCUT2D eigenvalue weighted by molar-refractivity contribution is 7.86. The van der Waals surface area contributed by atoms with Crippen molar-refractivity contribution in [3.63, 3.8) is 0 Å². The van der Waals surface area contributed by atoms with Crippen molar-refractivity contribution in [2.45, 2.75) is 134 Å². The van der Waals surface area contributed by atoms with Gasteiger partial charge in [-0.15, -0.1) is 0 Å². The summed E-state index contributed by atoms with van der Waals surface area (Å²) >= 11 is 0. The Hall–Kier alpha value is -1.07. The Morgan fingerprint density at radius 1 is 0.645 bits per heavy atom. The van der Waals surface area contributed by atoms with Gasteiger partial charge in [0.15, 0.2) is 0 Å². The highest BCUT2D eigenvalue weighted by atomic mass is 32.2. The van der Waals surface area contributed by atoms with Gasteiger partial charge >= 0.3 is 0 Å². The Labute approximate surface area is 191 Å². The van der Waals surface area contributed by atoms with Gasteiger partial charge in [-0.3, -0.25) is 4.55 Å². The first kappa shape index (κ1) is 28.0. The molecule has 1 aromatic rings. The van der Waals surface area contributed by atoms with E-state index in [-0.39, 0.29) is 10.6 Å². The number of benzene rings is 1. The highest BCUT2D eigenvalue weighted by Crippen LogP contribution is 2.32. The molecule has 180 valence electrons. The van der Waals surface area contributed by atoms with Crippen LogP contribution in [-0.2, 0) is 23.0 Å². The van der Waals surface area contributed by atoms with Crippen molar-refractivity contribution in [1.29, 1.82) is 0 Å². The predicted molar refractivity (Wildman–Crippen MR) is 131 cm³/mol. The van der Waals surface area contributed by atoms with E-state index in [2.05, 4.69) is 13.8 Å². The Morgan fingerprint density at radius 3 is 1.52 bits per heavy atom. The standard InChI is InChI=1S/C26H46O4S/c1-3-5-7-9-11-13-15-17-19-23-21-22-25(31(28,29)30)26(27)24(23)20-18-16-14-12-10-8-6-4-2/h21-22,27H,3-20H2,1-2H3,(H,28,29,30). The molecule has 0 saturated carbocycles. The second kappa shape index (κ2) is 16.5. The zero-order valence-corrected chi connectivity index (χ0v) is 20.8. The number of phenolic OH excluding ortho intramolecular Hbond substituents is 1. The van der Waals surface area contributed by atoms with E-state index in [1.807, 2.05) is 0 Å². The van der Waals surface area contributed by atoms with Crippen LogP contribution < -0.4 is 0 Å². The summed E-state index contributed by atoms with van der Waals surface area (Å²) < 4.78 is 32.7. The molecule has 0 aliphatic heterocycles. The monoisotopic (exact) mass is 454 g/mol. The molecule has 1 rings (SSSR count). The van der Waals surface area contributed by atoms with E-state index in [1.165, 1.54) is 83.1 Å². The molecule has 0 unspecified atom stereocenters. The Kier molecular flexibility index (Phi) is 14.9. The lowest BCUT2D eigenvalue weighted by Gasteiger charge is -2.14. The van der Waals surface area contributed by atoms with Gasteiger partial charge in [0.1, 0.15) is 10.6 Å². The van der Waals surface area contributed by atoms with Gasteiger partial charge in [-0.1, -0.05) is 110 Å². The summed E-state index contributed by atoms with van der Waals surface area (Å²) in [4.78, 5) is -0.360. The second-order valence-corrected chi connectivity index (χ2v) is 10.4. The Balaban J connectivity index is 2.57. The normalized spacial score (nSPS) is 11.8. The molecule has 31 heavy (non-hydrogen) atoms. The van der Waals surface area contributed by atoms with Crippen LogP contribution in [0, 0.1) is 0 Å². The molecule has 0 saturated heterocycles. The molecule has 0 heterocycles. The fourth-order valence-corrected chi connectivity index (χ4v) is 4.87. The molecule has 0 aliphatic rings. The first-order valence-electron chi connectivity index (χ1n) is 12.7. The van der Waals surface area contributed by atoms with Gasteiger partial charge in [0, 0.05) is 0 Å². The van der Waals surface area contributed by atoms with Gasteiger partial charge in [0.25, 0.3) is 10.1 Å². The van der Waals surface area contributed by atoms with Gasteiger partial charge in [0.2, 0.25) is 0 Å². The number of aromatic hydroxyl groups is 1. The van der Waals surface area contributed by atoms with Crippen LogP contribution in [0.4, 0.5) is 0 Å². The fourth-order valence-electron chi connectivity index (χ4n) is 4.26. The van der Waals surface area contributed by atoms with Gasteiger partial charge in [-0.2, -0.15) is 8.42 Å². The second-order valence-electron chi connectivity index (χ2n) is 8.97. The van der Waals surface area contributed by atoms with E-state index < -0.39 is 10.1 Å². The van der Waals surface area contributed by atoms with E-state index in [4.69, 9.17) is 0 Å². The molecular formula is C26H46O4S. The van der Waals surface area contributed by atoms with Crippen molar-refractivity contribution in [1.82, 2.24) is 0 Å². The fraction of sp³-hybridized carbons (Fsp3) is 0.769. The number of hydrogen-bond donors (Lipinski definition) is 2. The number of hydrogen-bond acceptors (Lipinski definition) is 3. The van der Waals surface area contributed by atoms with E-state index in [0.717, 1.165) is 37.7 Å². The third-order valence-corrected chi connectivity index (χ3v) is 7.09. The average Bonchev–Trinajstić information content (AvgIpc) is 2.72. The molecule has 0 bridgehead atoms. The lowest BCUT2D eigenvalue weighted by atomic mass is 9.95. The smallest absolute Gasteiger partial charge is 0.298 e. The summed E-state index contributed by atoms with van der Waals surface area (Å²) in [7, 11) is -4.41. The van der Waals surface area contributed by atoms with Gasteiger partial charge in [-0.05, 0) is 42.9 Å². The maximum atomic E-state index is 11.6. The maximum absolute atomic E-state index is 11.6. The molecule has 0 spiro atoms. The summed E-state index contributed by atoms with van der Waals surface area (Å²) in [6.07, 6.45) is 21.0. The van der Waals surface area contributed by atoms with Crippen LogP contribution >= 0.6 is 0 Å². The third-order valence-electron chi connectivity index (χ3n) is 6.20. The van der Waals surface area contributed by atoms with Crippen LogP contribution in [0.5, 0.6) is 5.75 Å². The lowest BCUT2D eigenvalue weighted by Crippen LogP contribution is -2.04. The maximum Gasteiger partial charge on any atom is 0.298 e. The molecule has 0 amide bonds. The molecule has 0 aliphatic carbocycles. The molecule has 0 atom stereocenters. The molecule has 2 N–H and O–H groups in total. The minimum atomic E-state index is -4.41. The van der Waals surface area contributed by atoms with Crippen LogP contribution in [0.1, 0.15) is 128 Å². The van der Waals surface area contributed by atoms with Crippen molar-refractivity contribution in [2.24, 2.45) is 0 Å². The minimum absolute atomic E-state index is 0.248. The van der Waals surface area contributed by atoms with Crippen molar-refractivity contribution in [3.05, 3.63) is 23.3 Å². The Morgan fingerprint density at radius 2 is 1.06 bits per heavy atom. The SMILES string of the molecule is CCCCCCCCCCc1ccc(S(=O)(=O)O)c(O)c1CCCCCCCCCC. The molecule has 4 nitrogen and oxygen atoms in total. The van der Waals surface area contributed by atoms with Gasteiger partial charge in [-0.25, -0.2) is 0 Å². The molecule has 0 radical (unpaired) electrons. The van der Waals surface area contributed by atoms with Crippen LogP contribution in [0.25, 0.3) is 0 Å². The molecule has 0 fully saturated rings. The van der Waals surface area contributed by atoms with E-state index in [1.54, 1.807) is 6.07 Å². The van der Waals surface area contributed by atoms with Crippen LogP contribution in [0.15, 0.2) is 17.0 Å². The number of aryl methyl sites for hydroxylation is 1. The predicted octanol–water partition coefficient (Wildman–Crippen LogP) is 8.01. The summed E-state index contributed by atoms with van der Waals surface area (Å²) in [5.41, 5.74) is 1.74. The number of unbranched alkanes of at least 4 members (excludes halogenated alkanes) is 14. The summed E-state index contributed by atoms with van der Waals surface area (Å²) in [5, 5.41) is 10.6. The summed E-state index contributed by atoms with van der Waals surface area (Å²) in [6, 6.07) is 3.13. The van der Waals surface area contributed by atoms with Gasteiger partial charge < -0.3 is 5.11 Å². The average molecular weight is 455 g/mol. The van der Waals surface area contributed by atoms with Crippen molar-refractivity contribution in [2.75, 3.05) is 0 Å². The van der Waals surface area contributed by atoms with Crippen molar-refractivity contribution in [3.8, 4) is 5.75 Å². The first-order chi connectivity index (χ1) is 14.9. The number of phenols is 1. The Bertz CT molecular complexity index is 698. The minimum Gasteiger partial charge on any atom is -0.506 e. The largest absolute Gasteiger partial charge is 0.506 e. The molecule has 0 aromatic heterocycles. The van der Waals surface area contributed by atoms with Crippen molar-refractivity contribution < 1.29 is 18.1 Å². The lowest BCUT2D eigenvalue weighted by molar-refractivity contribution is 0.435. The zero-order chi connectivity index (χ0) is 23.0. The topological polar surface area (TPSA) is 74.6 Å². The van der Waals surface area contributed by atoms with E-state index in [0.29, 0.717) is 12.0 Å². The molecular weight excluding hydrogens is 408 g/mol. The van der Waals surface area contributed by atoms with E-state index in [9.17, 15) is 18.1 Å². The third kappa shape index (κ3) is 11.9. The van der Waals surface area contributed by atoms with Crippen LogP contribution in [0.2, 0.25) is 0 Å². The quantitative estimate of drug-likeness (QED) is 0.164. The molecule has 5 heteroatoms. The summed E-state index contributed by atoms with van der Waals surface area (Å²) in [6.45, 7) is 4.45. The summed E-state index contributed by atoms with van der Waals surface area (Å²) in [5.74, 6) is -0.248. The molecule has 1 aromatic carbocycles. The number of rotatable bonds is 19. The zero-order valence-electron chi connectivity index (χ0n) is 20.0. The first-order valence-corrected chi connectivity index (χ1v) is 14.2. The van der Waals surface area contributed by atoms with Crippen molar-refractivity contribution >= 4 is 10.1 Å². The highest BCUT2D eigenvalue weighted by Gasteiger charge is 2.20. The van der Waals surface area contributed by atoms with Crippen LogP contribution in [0.3, 0.4) is 0 Å². The van der Waals surface area contributed by atoms with Gasteiger partial charge in [0.05, 0.1) is 0 Å².